The highest BCUT2D eigenvalue weighted by molar-refractivity contribution is 6.08. The van der Waals surface area contributed by atoms with E-state index in [1.807, 2.05) is 31.2 Å². The third-order valence-electron chi connectivity index (χ3n) is 3.98. The van der Waals surface area contributed by atoms with Crippen molar-refractivity contribution in [1.29, 1.82) is 0 Å². The minimum absolute atomic E-state index is 0.173. The van der Waals surface area contributed by atoms with Gasteiger partial charge in [-0.05, 0) is 42.8 Å². The molecule has 0 unspecified atom stereocenters. The maximum atomic E-state index is 12.3. The zero-order valence-corrected chi connectivity index (χ0v) is 15.6. The van der Waals surface area contributed by atoms with Crippen molar-refractivity contribution in [3.63, 3.8) is 0 Å². The van der Waals surface area contributed by atoms with Crippen LogP contribution in [0.1, 0.15) is 21.7 Å². The number of rotatable bonds is 6. The molecule has 2 amide bonds. The van der Waals surface area contributed by atoms with Gasteiger partial charge in [-0.1, -0.05) is 29.8 Å². The molecule has 6 nitrogen and oxygen atoms in total. The molecule has 2 N–H and O–H groups in total. The van der Waals surface area contributed by atoms with E-state index in [-0.39, 0.29) is 11.7 Å². The summed E-state index contributed by atoms with van der Waals surface area (Å²) in [7, 11) is 1.53. The molecule has 0 atom stereocenters. The molecule has 0 saturated carbocycles. The van der Waals surface area contributed by atoms with Crippen molar-refractivity contribution in [3.05, 3.63) is 83.8 Å². The lowest BCUT2D eigenvalue weighted by atomic mass is 10.1. The maximum absolute atomic E-state index is 12.3. The van der Waals surface area contributed by atoms with Crippen molar-refractivity contribution in [1.82, 2.24) is 0 Å². The van der Waals surface area contributed by atoms with Crippen LogP contribution in [0.15, 0.2) is 71.4 Å². The van der Waals surface area contributed by atoms with Crippen molar-refractivity contribution in [2.24, 2.45) is 0 Å². The average Bonchev–Trinajstić information content (AvgIpc) is 3.24. The number of hydrogen-bond donors (Lipinski definition) is 2. The Morgan fingerprint density at radius 1 is 1.00 bits per heavy atom. The van der Waals surface area contributed by atoms with E-state index >= 15 is 0 Å². The summed E-state index contributed by atoms with van der Waals surface area (Å²) >= 11 is 0. The average molecular weight is 376 g/mol. The second-order valence-corrected chi connectivity index (χ2v) is 6.08. The van der Waals surface area contributed by atoms with E-state index in [9.17, 15) is 9.59 Å². The Morgan fingerprint density at radius 2 is 1.79 bits per heavy atom. The summed E-state index contributed by atoms with van der Waals surface area (Å²) in [6.07, 6.45) is 4.57. The number of amides is 2. The molecule has 1 heterocycles. The Bertz CT molecular complexity index is 990. The van der Waals surface area contributed by atoms with Crippen molar-refractivity contribution in [2.75, 3.05) is 17.7 Å². The Labute approximate surface area is 162 Å². The SMILES string of the molecule is COc1ccc(NC(=O)c2ccco2)c(NC(=O)/C=C/c2ccc(C)cc2)c1. The number of methoxy groups -OCH3 is 1. The number of furan rings is 1. The van der Waals surface area contributed by atoms with Gasteiger partial charge in [0.05, 0.1) is 24.7 Å². The molecule has 0 aliphatic heterocycles. The standard InChI is InChI=1S/C22H20N2O4/c1-15-5-7-16(8-6-15)9-12-21(25)23-19-14-17(27-2)10-11-18(19)24-22(26)20-4-3-13-28-20/h3-14H,1-2H3,(H,23,25)(H,24,26)/b12-9+. The molecular weight excluding hydrogens is 356 g/mol. The van der Waals surface area contributed by atoms with Gasteiger partial charge in [0.15, 0.2) is 5.76 Å². The monoisotopic (exact) mass is 376 g/mol. The van der Waals surface area contributed by atoms with Gasteiger partial charge in [-0.2, -0.15) is 0 Å². The molecule has 28 heavy (non-hydrogen) atoms. The van der Waals surface area contributed by atoms with Crippen LogP contribution in [-0.2, 0) is 4.79 Å². The molecule has 6 heteroatoms. The molecule has 0 radical (unpaired) electrons. The minimum atomic E-state index is -0.416. The van der Waals surface area contributed by atoms with Crippen LogP contribution in [0.25, 0.3) is 6.08 Å². The van der Waals surface area contributed by atoms with Crippen LogP contribution < -0.4 is 15.4 Å². The predicted octanol–water partition coefficient (Wildman–Crippen LogP) is 4.50. The van der Waals surface area contributed by atoms with Gasteiger partial charge in [0.2, 0.25) is 5.91 Å². The van der Waals surface area contributed by atoms with Crippen LogP contribution in [-0.4, -0.2) is 18.9 Å². The summed E-state index contributed by atoms with van der Waals surface area (Å²) in [4.78, 5) is 24.6. The van der Waals surface area contributed by atoms with Crippen LogP contribution in [0, 0.1) is 6.92 Å². The van der Waals surface area contributed by atoms with Gasteiger partial charge >= 0.3 is 0 Å². The molecule has 0 spiro atoms. The molecule has 142 valence electrons. The zero-order valence-electron chi connectivity index (χ0n) is 15.6. The first-order valence-electron chi connectivity index (χ1n) is 8.64. The van der Waals surface area contributed by atoms with E-state index in [4.69, 9.17) is 9.15 Å². The van der Waals surface area contributed by atoms with E-state index in [0.29, 0.717) is 17.1 Å². The third kappa shape index (κ3) is 4.88. The lowest BCUT2D eigenvalue weighted by molar-refractivity contribution is -0.111. The van der Waals surface area contributed by atoms with Gasteiger partial charge < -0.3 is 19.8 Å². The molecule has 3 rings (SSSR count). The lowest BCUT2D eigenvalue weighted by Crippen LogP contribution is -2.15. The van der Waals surface area contributed by atoms with Crippen LogP contribution in [0.4, 0.5) is 11.4 Å². The molecular formula is C22H20N2O4. The van der Waals surface area contributed by atoms with Crippen LogP contribution in [0.3, 0.4) is 0 Å². The number of aryl methyl sites for hydroxylation is 1. The fourth-order valence-electron chi connectivity index (χ4n) is 2.48. The van der Waals surface area contributed by atoms with E-state index in [1.165, 1.54) is 19.4 Å². The molecule has 0 aliphatic carbocycles. The molecule has 1 aromatic heterocycles. The highest BCUT2D eigenvalue weighted by atomic mass is 16.5. The normalized spacial score (nSPS) is 10.6. The minimum Gasteiger partial charge on any atom is -0.497 e. The molecule has 0 saturated heterocycles. The summed E-state index contributed by atoms with van der Waals surface area (Å²) in [6, 6.07) is 16.0. The zero-order chi connectivity index (χ0) is 19.9. The van der Waals surface area contributed by atoms with Crippen molar-refractivity contribution in [3.8, 4) is 5.75 Å². The summed E-state index contributed by atoms with van der Waals surface area (Å²) in [5.74, 6) is -0.0237. The van der Waals surface area contributed by atoms with Crippen molar-refractivity contribution >= 4 is 29.3 Å². The number of nitrogens with one attached hydrogen (secondary N) is 2. The lowest BCUT2D eigenvalue weighted by Gasteiger charge is -2.12. The highest BCUT2D eigenvalue weighted by Gasteiger charge is 2.13. The molecule has 3 aromatic rings. The van der Waals surface area contributed by atoms with Gasteiger partial charge in [-0.25, -0.2) is 0 Å². The molecule has 0 aliphatic rings. The van der Waals surface area contributed by atoms with Gasteiger partial charge in [-0.15, -0.1) is 0 Å². The third-order valence-corrected chi connectivity index (χ3v) is 3.98. The summed E-state index contributed by atoms with van der Waals surface area (Å²) < 4.78 is 10.3. The number of carbonyl (C=O) groups is 2. The Morgan fingerprint density at radius 3 is 2.46 bits per heavy atom. The fraction of sp³-hybridized carbons (Fsp3) is 0.0909. The van der Waals surface area contributed by atoms with Gasteiger partial charge in [-0.3, -0.25) is 9.59 Å². The van der Waals surface area contributed by atoms with E-state index in [1.54, 1.807) is 36.4 Å². The first kappa shape index (κ1) is 19.0. The summed E-state index contributed by atoms with van der Waals surface area (Å²) in [5, 5.41) is 5.49. The smallest absolute Gasteiger partial charge is 0.291 e. The summed E-state index contributed by atoms with van der Waals surface area (Å²) in [6.45, 7) is 2.00. The number of carbonyl (C=O) groups excluding carboxylic acids is 2. The quantitative estimate of drug-likeness (QED) is 0.621. The van der Waals surface area contributed by atoms with Gasteiger partial charge in [0.25, 0.3) is 5.91 Å². The molecule has 2 aromatic carbocycles. The van der Waals surface area contributed by atoms with Crippen molar-refractivity contribution < 1.29 is 18.7 Å². The second-order valence-electron chi connectivity index (χ2n) is 6.08. The molecule has 0 fully saturated rings. The fourth-order valence-corrected chi connectivity index (χ4v) is 2.48. The first-order valence-corrected chi connectivity index (χ1v) is 8.64. The number of ether oxygens (including phenoxy) is 1. The first-order chi connectivity index (χ1) is 13.5. The largest absolute Gasteiger partial charge is 0.497 e. The van der Waals surface area contributed by atoms with E-state index < -0.39 is 5.91 Å². The second kappa shape index (κ2) is 8.73. The van der Waals surface area contributed by atoms with Crippen LogP contribution in [0.2, 0.25) is 0 Å². The van der Waals surface area contributed by atoms with Gasteiger partial charge in [0, 0.05) is 12.1 Å². The predicted molar refractivity (Wildman–Crippen MR) is 108 cm³/mol. The highest BCUT2D eigenvalue weighted by Crippen LogP contribution is 2.27. The van der Waals surface area contributed by atoms with E-state index in [2.05, 4.69) is 10.6 Å². The summed E-state index contributed by atoms with van der Waals surface area (Å²) in [5.41, 5.74) is 2.91. The Hall–Kier alpha value is -3.80. The number of benzene rings is 2. The van der Waals surface area contributed by atoms with Gasteiger partial charge in [0.1, 0.15) is 5.75 Å². The number of hydrogen-bond acceptors (Lipinski definition) is 4. The van der Waals surface area contributed by atoms with Crippen LogP contribution in [0.5, 0.6) is 5.75 Å². The van der Waals surface area contributed by atoms with E-state index in [0.717, 1.165) is 11.1 Å². The maximum Gasteiger partial charge on any atom is 0.291 e. The Kier molecular flexibility index (Phi) is 5.91. The topological polar surface area (TPSA) is 80.6 Å². The number of anilines is 2. The molecule has 0 bridgehead atoms. The Balaban J connectivity index is 1.76. The van der Waals surface area contributed by atoms with Crippen LogP contribution >= 0.6 is 0 Å². The van der Waals surface area contributed by atoms with Crippen molar-refractivity contribution in [2.45, 2.75) is 6.92 Å².